The van der Waals surface area contributed by atoms with Gasteiger partial charge in [-0.25, -0.2) is 4.98 Å². The lowest BCUT2D eigenvalue weighted by atomic mass is 10.1. The number of nitro benzene ring substituents is 1. The summed E-state index contributed by atoms with van der Waals surface area (Å²) in [6, 6.07) is 4.62. The van der Waals surface area contributed by atoms with Gasteiger partial charge in [0.1, 0.15) is 0 Å². The van der Waals surface area contributed by atoms with Crippen LogP contribution in [0.5, 0.6) is 5.75 Å². The summed E-state index contributed by atoms with van der Waals surface area (Å²) in [5.74, 6) is -0.718. The minimum Gasteiger partial charge on any atom is -0.490 e. The number of nitro groups is 1. The monoisotopic (exact) mass is 333 g/mol. The maximum absolute atomic E-state index is 11.1. The second-order valence-corrected chi connectivity index (χ2v) is 5.82. The number of fused-ring (bicyclic) bond motifs is 1. The quantitative estimate of drug-likeness (QED) is 0.568. The molecule has 2 aromatic heterocycles. The fourth-order valence-electron chi connectivity index (χ4n) is 2.21. The van der Waals surface area contributed by atoms with E-state index in [9.17, 15) is 14.9 Å². The Bertz CT molecular complexity index is 883. The molecule has 0 unspecified atom stereocenters. The van der Waals surface area contributed by atoms with E-state index in [2.05, 4.69) is 4.98 Å². The molecular formula is C14H11N3O5S. The van der Waals surface area contributed by atoms with Gasteiger partial charge in [-0.2, -0.15) is 0 Å². The molecule has 1 aromatic carbocycles. The highest BCUT2D eigenvalue weighted by molar-refractivity contribution is 7.17. The first-order valence-corrected chi connectivity index (χ1v) is 7.31. The summed E-state index contributed by atoms with van der Waals surface area (Å²) >= 11 is 1.27. The van der Waals surface area contributed by atoms with E-state index in [0.717, 1.165) is 0 Å². The molecule has 2 heterocycles. The van der Waals surface area contributed by atoms with E-state index in [0.29, 0.717) is 21.1 Å². The van der Waals surface area contributed by atoms with Gasteiger partial charge in [-0.1, -0.05) is 0 Å². The van der Waals surface area contributed by atoms with Crippen LogP contribution in [0.15, 0.2) is 30.6 Å². The van der Waals surface area contributed by atoms with Crippen LogP contribution in [0.3, 0.4) is 0 Å². The van der Waals surface area contributed by atoms with Gasteiger partial charge in [0.2, 0.25) is 0 Å². The largest absolute Gasteiger partial charge is 0.490 e. The minimum atomic E-state index is -0.902. The standard InChI is InChI=1S/C14H11N3O5S/c1-22-12-3-2-8(4-11(12)17(20)21)10-7-16-6-9(5-13(18)19)23-14(16)15-10/h2-4,6-7H,5H2,1H3,(H,18,19). The smallest absolute Gasteiger partial charge is 0.311 e. The molecule has 0 spiro atoms. The average molecular weight is 333 g/mol. The van der Waals surface area contributed by atoms with E-state index in [4.69, 9.17) is 9.84 Å². The molecule has 8 nitrogen and oxygen atoms in total. The Hall–Kier alpha value is -2.94. The second-order valence-electron chi connectivity index (χ2n) is 4.73. The first-order valence-electron chi connectivity index (χ1n) is 6.50. The maximum atomic E-state index is 11.1. The van der Waals surface area contributed by atoms with Gasteiger partial charge in [-0.05, 0) is 12.1 Å². The van der Waals surface area contributed by atoms with E-state index in [1.54, 1.807) is 22.9 Å². The van der Waals surface area contributed by atoms with Crippen molar-refractivity contribution in [3.8, 4) is 17.0 Å². The van der Waals surface area contributed by atoms with Crippen molar-refractivity contribution >= 4 is 28.0 Å². The molecular weight excluding hydrogens is 322 g/mol. The van der Waals surface area contributed by atoms with Gasteiger partial charge in [0.15, 0.2) is 10.7 Å². The van der Waals surface area contributed by atoms with Crippen LogP contribution in [0.1, 0.15) is 4.88 Å². The number of rotatable bonds is 5. The van der Waals surface area contributed by atoms with Crippen LogP contribution in [-0.2, 0) is 11.2 Å². The van der Waals surface area contributed by atoms with Gasteiger partial charge in [-0.15, -0.1) is 11.3 Å². The second kappa shape index (κ2) is 5.69. The highest BCUT2D eigenvalue weighted by atomic mass is 32.1. The zero-order chi connectivity index (χ0) is 16.6. The first kappa shape index (κ1) is 15.0. The van der Waals surface area contributed by atoms with Crippen LogP contribution in [0.4, 0.5) is 5.69 Å². The molecule has 9 heteroatoms. The lowest BCUT2D eigenvalue weighted by molar-refractivity contribution is -0.385. The van der Waals surface area contributed by atoms with Gasteiger partial charge in [0.25, 0.3) is 0 Å². The Morgan fingerprint density at radius 1 is 1.48 bits per heavy atom. The molecule has 3 rings (SSSR count). The zero-order valence-corrected chi connectivity index (χ0v) is 12.7. The number of imidazole rings is 1. The molecule has 0 aliphatic carbocycles. The number of methoxy groups -OCH3 is 1. The van der Waals surface area contributed by atoms with Gasteiger partial charge < -0.3 is 9.84 Å². The third-order valence-electron chi connectivity index (χ3n) is 3.20. The summed E-state index contributed by atoms with van der Waals surface area (Å²) in [5.41, 5.74) is 1.03. The fraction of sp³-hybridized carbons (Fsp3) is 0.143. The van der Waals surface area contributed by atoms with Crippen LogP contribution < -0.4 is 4.74 Å². The zero-order valence-electron chi connectivity index (χ0n) is 11.9. The van der Waals surface area contributed by atoms with Gasteiger partial charge in [0, 0.05) is 28.9 Å². The van der Waals surface area contributed by atoms with Crippen molar-refractivity contribution in [1.82, 2.24) is 9.38 Å². The predicted molar refractivity (Wildman–Crippen MR) is 83.1 cm³/mol. The first-order chi connectivity index (χ1) is 11.0. The molecule has 0 saturated carbocycles. The highest BCUT2D eigenvalue weighted by Gasteiger charge is 2.17. The number of hydrogen-bond acceptors (Lipinski definition) is 6. The van der Waals surface area contributed by atoms with Gasteiger partial charge in [0.05, 0.1) is 24.1 Å². The van der Waals surface area contributed by atoms with Crippen molar-refractivity contribution in [1.29, 1.82) is 0 Å². The van der Waals surface area contributed by atoms with E-state index in [1.165, 1.54) is 30.6 Å². The van der Waals surface area contributed by atoms with Crippen molar-refractivity contribution in [2.75, 3.05) is 7.11 Å². The van der Waals surface area contributed by atoms with Crippen LogP contribution >= 0.6 is 11.3 Å². The van der Waals surface area contributed by atoms with Crippen LogP contribution in [0.25, 0.3) is 16.2 Å². The Morgan fingerprint density at radius 2 is 2.26 bits per heavy atom. The molecule has 3 aromatic rings. The molecule has 118 valence electrons. The van der Waals surface area contributed by atoms with Crippen molar-refractivity contribution in [3.05, 3.63) is 45.6 Å². The molecule has 0 fully saturated rings. The lowest BCUT2D eigenvalue weighted by Gasteiger charge is -2.02. The summed E-state index contributed by atoms with van der Waals surface area (Å²) < 4.78 is 6.69. The maximum Gasteiger partial charge on any atom is 0.311 e. The highest BCUT2D eigenvalue weighted by Crippen LogP contribution is 2.32. The number of aromatic nitrogens is 2. The fourth-order valence-corrected chi connectivity index (χ4v) is 3.16. The summed E-state index contributed by atoms with van der Waals surface area (Å²) in [4.78, 5) is 27.0. The molecule has 23 heavy (non-hydrogen) atoms. The van der Waals surface area contributed by atoms with Crippen molar-refractivity contribution in [2.45, 2.75) is 6.42 Å². The van der Waals surface area contributed by atoms with E-state index >= 15 is 0 Å². The van der Waals surface area contributed by atoms with Crippen molar-refractivity contribution < 1.29 is 19.6 Å². The molecule has 0 aliphatic heterocycles. The summed E-state index contributed by atoms with van der Waals surface area (Å²) in [5, 5.41) is 19.9. The molecule has 0 atom stereocenters. The third-order valence-corrected chi connectivity index (χ3v) is 4.20. The number of ether oxygens (including phenoxy) is 1. The number of aliphatic carboxylic acids is 1. The number of thiazole rings is 1. The summed E-state index contributed by atoms with van der Waals surface area (Å²) in [7, 11) is 1.37. The van der Waals surface area contributed by atoms with E-state index in [-0.39, 0.29) is 17.9 Å². The molecule has 0 radical (unpaired) electrons. The predicted octanol–water partition coefficient (Wildman–Crippen LogP) is 2.61. The normalized spacial score (nSPS) is 10.8. The summed E-state index contributed by atoms with van der Waals surface area (Å²) in [6.45, 7) is 0. The third kappa shape index (κ3) is 2.86. The van der Waals surface area contributed by atoms with Crippen LogP contribution in [0, 0.1) is 10.1 Å². The topological polar surface area (TPSA) is 107 Å². The lowest BCUT2D eigenvalue weighted by Crippen LogP contribution is -1.97. The Labute approximate surface area is 133 Å². The molecule has 0 amide bonds. The Kier molecular flexibility index (Phi) is 3.70. The van der Waals surface area contributed by atoms with E-state index < -0.39 is 10.9 Å². The van der Waals surface area contributed by atoms with Crippen molar-refractivity contribution in [3.63, 3.8) is 0 Å². The molecule has 1 N–H and O–H groups in total. The SMILES string of the molecule is COc1ccc(-c2cn3cc(CC(=O)O)sc3n2)cc1[N+](=O)[O-]. The average Bonchev–Trinajstić information content (AvgIpc) is 3.03. The van der Waals surface area contributed by atoms with E-state index in [1.807, 2.05) is 0 Å². The number of carboxylic acid groups (broad SMARTS) is 1. The minimum absolute atomic E-state index is 0.0582. The van der Waals surface area contributed by atoms with Crippen LogP contribution in [0.2, 0.25) is 0 Å². The van der Waals surface area contributed by atoms with Gasteiger partial charge >= 0.3 is 11.7 Å². The van der Waals surface area contributed by atoms with Crippen molar-refractivity contribution in [2.24, 2.45) is 0 Å². The Morgan fingerprint density at radius 3 is 2.87 bits per heavy atom. The number of carbonyl (C=O) groups is 1. The number of hydrogen-bond donors (Lipinski definition) is 1. The molecule has 0 bridgehead atoms. The van der Waals surface area contributed by atoms with Crippen LogP contribution in [-0.4, -0.2) is 32.5 Å². The Balaban J connectivity index is 2.00. The number of carboxylic acids is 1. The van der Waals surface area contributed by atoms with Gasteiger partial charge in [-0.3, -0.25) is 19.3 Å². The molecule has 0 aliphatic rings. The number of benzene rings is 1. The molecule has 0 saturated heterocycles. The summed E-state index contributed by atoms with van der Waals surface area (Å²) in [6.07, 6.45) is 3.35. The number of nitrogens with zero attached hydrogens (tertiary/aromatic N) is 3.